The maximum absolute atomic E-state index is 12.3. The lowest BCUT2D eigenvalue weighted by molar-refractivity contribution is 0.353. The van der Waals surface area contributed by atoms with E-state index in [0.29, 0.717) is 11.1 Å². The number of hydrogen-bond acceptors (Lipinski definition) is 10. The fourth-order valence-electron chi connectivity index (χ4n) is 2.98. The van der Waals surface area contributed by atoms with Crippen molar-refractivity contribution in [1.29, 1.82) is 0 Å². The first kappa shape index (κ1) is 21.4. The Morgan fingerprint density at radius 3 is 2.72 bits per heavy atom. The van der Waals surface area contributed by atoms with Crippen LogP contribution in [0.25, 0.3) is 22.5 Å². The first-order valence-corrected chi connectivity index (χ1v) is 11.6. The summed E-state index contributed by atoms with van der Waals surface area (Å²) in [7, 11) is -3.31. The predicted molar refractivity (Wildman–Crippen MR) is 116 cm³/mol. The molecule has 0 aliphatic carbocycles. The minimum absolute atomic E-state index is 0.0266. The first-order chi connectivity index (χ1) is 15.3. The number of fused-ring (bicyclic) bond motifs is 1. The molecule has 1 atom stereocenters. The highest BCUT2D eigenvalue weighted by Crippen LogP contribution is 2.27. The van der Waals surface area contributed by atoms with Gasteiger partial charge in [-0.15, -0.1) is 0 Å². The zero-order valence-electron chi connectivity index (χ0n) is 16.9. The van der Waals surface area contributed by atoms with Crippen molar-refractivity contribution in [3.8, 4) is 17.3 Å². The number of para-hydroxylation sites is 1. The topological polar surface area (TPSA) is 149 Å². The molecule has 0 fully saturated rings. The smallest absolute Gasteiger partial charge is 0.348 e. The Morgan fingerprint density at radius 2 is 1.97 bits per heavy atom. The number of sulfone groups is 1. The molecule has 11 heteroatoms. The Labute approximate surface area is 182 Å². The van der Waals surface area contributed by atoms with Gasteiger partial charge < -0.3 is 14.0 Å². The number of aliphatic imine (C=N–C) groups is 1. The molecule has 1 N–H and O–H groups in total. The van der Waals surface area contributed by atoms with E-state index in [9.17, 15) is 18.3 Å². The molecule has 4 rings (SSSR count). The number of nitrogens with zero attached hydrogens (tertiary/aromatic N) is 4. The molecule has 0 saturated carbocycles. The van der Waals surface area contributed by atoms with Crippen LogP contribution in [0.5, 0.6) is 5.75 Å². The third-order valence-electron chi connectivity index (χ3n) is 4.59. The molecular formula is C21H18N4O6S. The van der Waals surface area contributed by atoms with Crippen LogP contribution in [0, 0.1) is 0 Å². The van der Waals surface area contributed by atoms with E-state index in [1.165, 1.54) is 0 Å². The molecule has 1 aromatic carbocycles. The van der Waals surface area contributed by atoms with Crippen molar-refractivity contribution in [3.05, 3.63) is 70.5 Å². The summed E-state index contributed by atoms with van der Waals surface area (Å²) in [5.41, 5.74) is -0.247. The van der Waals surface area contributed by atoms with Crippen LogP contribution in [-0.4, -0.2) is 46.9 Å². The van der Waals surface area contributed by atoms with E-state index in [2.05, 4.69) is 20.1 Å². The third kappa shape index (κ3) is 4.72. The van der Waals surface area contributed by atoms with Gasteiger partial charge in [0, 0.05) is 18.7 Å². The summed E-state index contributed by atoms with van der Waals surface area (Å²) < 4.78 is 33.9. The molecule has 0 aliphatic rings. The summed E-state index contributed by atoms with van der Waals surface area (Å²) in [6.07, 6.45) is 3.83. The quantitative estimate of drug-likeness (QED) is 0.328. The van der Waals surface area contributed by atoms with Gasteiger partial charge in [-0.05, 0) is 30.7 Å². The molecule has 4 aromatic rings. The van der Waals surface area contributed by atoms with Gasteiger partial charge in [0.05, 0.1) is 11.1 Å². The van der Waals surface area contributed by atoms with Crippen LogP contribution >= 0.6 is 0 Å². The van der Waals surface area contributed by atoms with Gasteiger partial charge in [-0.1, -0.05) is 23.4 Å². The molecule has 32 heavy (non-hydrogen) atoms. The van der Waals surface area contributed by atoms with Crippen LogP contribution in [0.3, 0.4) is 0 Å². The van der Waals surface area contributed by atoms with Gasteiger partial charge >= 0.3 is 5.63 Å². The third-order valence-corrected chi connectivity index (χ3v) is 5.56. The Balaban J connectivity index is 1.70. The average Bonchev–Trinajstić information content (AvgIpc) is 3.25. The minimum atomic E-state index is -3.31. The van der Waals surface area contributed by atoms with Crippen LogP contribution < -0.4 is 5.63 Å². The van der Waals surface area contributed by atoms with E-state index < -0.39 is 21.5 Å². The Hall–Kier alpha value is -3.86. The Bertz CT molecular complexity index is 1440. The van der Waals surface area contributed by atoms with Gasteiger partial charge in [-0.2, -0.15) is 4.98 Å². The number of rotatable bonds is 7. The predicted octanol–water partition coefficient (Wildman–Crippen LogP) is 2.54. The highest BCUT2D eigenvalue weighted by atomic mass is 32.2. The van der Waals surface area contributed by atoms with E-state index in [1.807, 2.05) is 0 Å². The number of benzene rings is 1. The molecule has 3 heterocycles. The van der Waals surface area contributed by atoms with Crippen molar-refractivity contribution < 1.29 is 22.5 Å². The molecule has 3 aromatic heterocycles. The number of hydrogen-bond donors (Lipinski definition) is 1. The fourth-order valence-corrected chi connectivity index (χ4v) is 3.63. The molecule has 0 saturated heterocycles. The van der Waals surface area contributed by atoms with Gasteiger partial charge in [0.2, 0.25) is 5.82 Å². The monoisotopic (exact) mass is 454 g/mol. The molecule has 0 bridgehead atoms. The largest absolute Gasteiger partial charge is 0.506 e. The second-order valence-corrected chi connectivity index (χ2v) is 9.29. The highest BCUT2D eigenvalue weighted by Gasteiger charge is 2.22. The number of pyridine rings is 1. The maximum atomic E-state index is 12.3. The number of aromatic hydroxyl groups is 1. The minimum Gasteiger partial charge on any atom is -0.506 e. The van der Waals surface area contributed by atoms with Gasteiger partial charge in [-0.25, -0.2) is 13.2 Å². The lowest BCUT2D eigenvalue weighted by Crippen LogP contribution is -2.10. The SMILES string of the molecule is CS(=O)(=O)CCC(N=Cc1c(O)c2ccccc2oc1=O)c1nc(-c2ccccn2)no1. The molecule has 1 unspecified atom stereocenters. The second-order valence-electron chi connectivity index (χ2n) is 7.03. The summed E-state index contributed by atoms with van der Waals surface area (Å²) in [5, 5.41) is 14.7. The zero-order chi connectivity index (χ0) is 22.7. The molecular weight excluding hydrogens is 436 g/mol. The molecule has 164 valence electrons. The molecule has 0 aliphatic heterocycles. The van der Waals surface area contributed by atoms with Crippen LogP contribution in [0.2, 0.25) is 0 Å². The standard InChI is InChI=1S/C21H18N4O6S/c1-32(28,29)11-9-16(20-24-19(25-31-20)15-7-4-5-10-22-15)23-12-14-18(26)13-6-2-3-8-17(13)30-21(14)27/h2-8,10,12,16,26H,9,11H2,1H3. The van der Waals surface area contributed by atoms with Crippen molar-refractivity contribution in [3.63, 3.8) is 0 Å². The summed E-state index contributed by atoms with van der Waals surface area (Å²) in [6, 6.07) is 10.9. The van der Waals surface area contributed by atoms with Gasteiger partial charge in [0.25, 0.3) is 5.89 Å². The van der Waals surface area contributed by atoms with Gasteiger partial charge in [-0.3, -0.25) is 9.98 Å². The van der Waals surface area contributed by atoms with Crippen LogP contribution in [0.15, 0.2) is 67.4 Å². The summed E-state index contributed by atoms with van der Waals surface area (Å²) in [6.45, 7) is 0. The average molecular weight is 454 g/mol. The van der Waals surface area contributed by atoms with Crippen LogP contribution in [0.1, 0.15) is 23.9 Å². The normalized spacial score (nSPS) is 13.0. The lowest BCUT2D eigenvalue weighted by Gasteiger charge is -2.07. The molecule has 0 amide bonds. The van der Waals surface area contributed by atoms with Crippen molar-refractivity contribution in [2.45, 2.75) is 12.5 Å². The van der Waals surface area contributed by atoms with Crippen LogP contribution in [0.4, 0.5) is 0 Å². The first-order valence-electron chi connectivity index (χ1n) is 9.52. The number of aromatic nitrogens is 3. The van der Waals surface area contributed by atoms with E-state index in [0.717, 1.165) is 12.5 Å². The van der Waals surface area contributed by atoms with Crippen molar-refractivity contribution >= 4 is 27.0 Å². The second kappa shape index (κ2) is 8.71. The zero-order valence-corrected chi connectivity index (χ0v) is 17.7. The van der Waals surface area contributed by atoms with E-state index in [-0.39, 0.29) is 40.8 Å². The molecule has 0 radical (unpaired) electrons. The summed E-state index contributed by atoms with van der Waals surface area (Å²) in [4.78, 5) is 25.0. The molecule has 0 spiro atoms. The van der Waals surface area contributed by atoms with Crippen molar-refractivity contribution in [2.75, 3.05) is 12.0 Å². The maximum Gasteiger partial charge on any atom is 0.348 e. The van der Waals surface area contributed by atoms with Crippen molar-refractivity contribution in [1.82, 2.24) is 15.1 Å². The Kier molecular flexibility index (Phi) is 5.82. The highest BCUT2D eigenvalue weighted by molar-refractivity contribution is 7.90. The van der Waals surface area contributed by atoms with E-state index >= 15 is 0 Å². The van der Waals surface area contributed by atoms with Crippen LogP contribution in [-0.2, 0) is 9.84 Å². The van der Waals surface area contributed by atoms with E-state index in [1.54, 1.807) is 48.7 Å². The molecule has 10 nitrogen and oxygen atoms in total. The Morgan fingerprint density at radius 1 is 1.19 bits per heavy atom. The van der Waals surface area contributed by atoms with Gasteiger partial charge in [0.1, 0.15) is 38.5 Å². The van der Waals surface area contributed by atoms with E-state index in [4.69, 9.17) is 8.94 Å². The fraction of sp³-hybridized carbons (Fsp3) is 0.190. The summed E-state index contributed by atoms with van der Waals surface area (Å²) in [5.74, 6) is -0.222. The van der Waals surface area contributed by atoms with Crippen molar-refractivity contribution in [2.24, 2.45) is 4.99 Å². The van der Waals surface area contributed by atoms with Gasteiger partial charge in [0.15, 0.2) is 0 Å². The lowest BCUT2D eigenvalue weighted by atomic mass is 10.1. The summed E-state index contributed by atoms with van der Waals surface area (Å²) >= 11 is 0.